The van der Waals surface area contributed by atoms with Gasteiger partial charge in [-0.1, -0.05) is 37.1 Å². The minimum Gasteiger partial charge on any atom is -0.385 e. The van der Waals surface area contributed by atoms with Gasteiger partial charge in [-0.05, 0) is 44.9 Å². The van der Waals surface area contributed by atoms with E-state index in [1.54, 1.807) is 0 Å². The standard InChI is InChI=1S/C15H24O/c1-10(2)13-8-6-12(4)14-7-5-11(3)9-15(13,14)16/h6,9-10,13-14,16H,5,7-8H2,1-4H3. The maximum atomic E-state index is 11.0. The van der Waals surface area contributed by atoms with Crippen molar-refractivity contribution in [2.75, 3.05) is 0 Å². The van der Waals surface area contributed by atoms with Crippen molar-refractivity contribution in [3.63, 3.8) is 0 Å². The Kier molecular flexibility index (Phi) is 3.00. The molecule has 1 N–H and O–H groups in total. The third-order valence-corrected chi connectivity index (χ3v) is 4.51. The molecule has 3 unspecified atom stereocenters. The molecule has 16 heavy (non-hydrogen) atoms. The highest BCUT2D eigenvalue weighted by molar-refractivity contribution is 5.28. The highest BCUT2D eigenvalue weighted by Gasteiger charge is 2.47. The zero-order valence-corrected chi connectivity index (χ0v) is 11.0. The molecule has 2 rings (SSSR count). The zero-order valence-electron chi connectivity index (χ0n) is 11.0. The molecule has 90 valence electrons. The van der Waals surface area contributed by atoms with Gasteiger partial charge < -0.3 is 5.11 Å². The lowest BCUT2D eigenvalue weighted by atomic mass is 9.61. The van der Waals surface area contributed by atoms with Crippen LogP contribution in [0.2, 0.25) is 0 Å². The van der Waals surface area contributed by atoms with Gasteiger partial charge in [0.05, 0.1) is 5.60 Å². The van der Waals surface area contributed by atoms with Gasteiger partial charge in [-0.25, -0.2) is 0 Å². The van der Waals surface area contributed by atoms with Crippen molar-refractivity contribution in [2.45, 2.75) is 52.6 Å². The number of rotatable bonds is 1. The van der Waals surface area contributed by atoms with E-state index in [4.69, 9.17) is 0 Å². The number of aliphatic hydroxyl groups is 1. The fourth-order valence-corrected chi connectivity index (χ4v) is 3.58. The lowest BCUT2D eigenvalue weighted by Crippen LogP contribution is -2.49. The van der Waals surface area contributed by atoms with Crippen molar-refractivity contribution >= 4 is 0 Å². The number of hydrogen-bond acceptors (Lipinski definition) is 1. The monoisotopic (exact) mass is 220 g/mol. The summed E-state index contributed by atoms with van der Waals surface area (Å²) >= 11 is 0. The Morgan fingerprint density at radius 3 is 2.69 bits per heavy atom. The molecular weight excluding hydrogens is 196 g/mol. The fourth-order valence-electron chi connectivity index (χ4n) is 3.58. The van der Waals surface area contributed by atoms with Crippen molar-refractivity contribution in [1.29, 1.82) is 0 Å². The first-order valence-corrected chi connectivity index (χ1v) is 6.52. The number of fused-ring (bicyclic) bond motifs is 1. The maximum absolute atomic E-state index is 11.0. The van der Waals surface area contributed by atoms with Crippen LogP contribution in [0.3, 0.4) is 0 Å². The smallest absolute Gasteiger partial charge is 0.0928 e. The predicted octanol–water partition coefficient (Wildman–Crippen LogP) is 3.70. The molecule has 0 saturated heterocycles. The summed E-state index contributed by atoms with van der Waals surface area (Å²) in [6.07, 6.45) is 7.79. The van der Waals surface area contributed by atoms with Crippen LogP contribution in [-0.2, 0) is 0 Å². The molecular formula is C15H24O. The van der Waals surface area contributed by atoms with Gasteiger partial charge in [0.2, 0.25) is 0 Å². The summed E-state index contributed by atoms with van der Waals surface area (Å²) in [4.78, 5) is 0. The summed E-state index contributed by atoms with van der Waals surface area (Å²) in [5.74, 6) is 1.28. The van der Waals surface area contributed by atoms with Gasteiger partial charge in [0, 0.05) is 5.92 Å². The summed E-state index contributed by atoms with van der Waals surface area (Å²) in [6, 6.07) is 0. The first kappa shape index (κ1) is 11.9. The van der Waals surface area contributed by atoms with Crippen molar-refractivity contribution in [3.05, 3.63) is 23.3 Å². The first-order chi connectivity index (χ1) is 7.45. The van der Waals surface area contributed by atoms with Gasteiger partial charge in [0.1, 0.15) is 0 Å². The second kappa shape index (κ2) is 4.03. The SMILES string of the molecule is CC1=CC2(O)C(CC1)C(C)=CCC2C(C)C. The second-order valence-electron chi connectivity index (χ2n) is 6.00. The van der Waals surface area contributed by atoms with Gasteiger partial charge in [-0.3, -0.25) is 0 Å². The van der Waals surface area contributed by atoms with Crippen LogP contribution < -0.4 is 0 Å². The Morgan fingerprint density at radius 1 is 1.38 bits per heavy atom. The molecule has 0 aromatic carbocycles. The molecule has 0 aromatic heterocycles. The third kappa shape index (κ3) is 1.75. The van der Waals surface area contributed by atoms with Crippen LogP contribution in [0.4, 0.5) is 0 Å². The number of allylic oxidation sites excluding steroid dienone is 2. The average molecular weight is 220 g/mol. The predicted molar refractivity (Wildman–Crippen MR) is 68.1 cm³/mol. The Hall–Kier alpha value is -0.560. The highest BCUT2D eigenvalue weighted by Crippen LogP contribution is 2.48. The molecule has 0 aliphatic heterocycles. The van der Waals surface area contributed by atoms with Crippen LogP contribution in [-0.4, -0.2) is 10.7 Å². The minimum atomic E-state index is -0.574. The molecule has 0 heterocycles. The van der Waals surface area contributed by atoms with E-state index in [-0.39, 0.29) is 0 Å². The third-order valence-electron chi connectivity index (χ3n) is 4.51. The van der Waals surface area contributed by atoms with Gasteiger partial charge in [-0.15, -0.1) is 0 Å². The van der Waals surface area contributed by atoms with Crippen molar-refractivity contribution in [3.8, 4) is 0 Å². The Bertz CT molecular complexity index is 337. The van der Waals surface area contributed by atoms with E-state index in [1.807, 2.05) is 0 Å². The fraction of sp³-hybridized carbons (Fsp3) is 0.733. The van der Waals surface area contributed by atoms with E-state index in [0.29, 0.717) is 17.8 Å². The van der Waals surface area contributed by atoms with Crippen LogP contribution >= 0.6 is 0 Å². The Morgan fingerprint density at radius 2 is 2.06 bits per heavy atom. The van der Waals surface area contributed by atoms with E-state index < -0.39 is 5.60 Å². The first-order valence-electron chi connectivity index (χ1n) is 6.52. The molecule has 0 amide bonds. The van der Waals surface area contributed by atoms with Crippen molar-refractivity contribution in [2.24, 2.45) is 17.8 Å². The van der Waals surface area contributed by atoms with Gasteiger partial charge in [0.15, 0.2) is 0 Å². The summed E-state index contributed by atoms with van der Waals surface area (Å²) in [5, 5.41) is 11.0. The van der Waals surface area contributed by atoms with Crippen LogP contribution in [0.15, 0.2) is 23.3 Å². The Labute approximate surface area is 99.3 Å². The summed E-state index contributed by atoms with van der Waals surface area (Å²) in [7, 11) is 0. The second-order valence-corrected chi connectivity index (χ2v) is 6.00. The zero-order chi connectivity index (χ0) is 11.9. The summed E-state index contributed by atoms with van der Waals surface area (Å²) in [5.41, 5.74) is 2.18. The van der Waals surface area contributed by atoms with Crippen LogP contribution in [0.5, 0.6) is 0 Å². The molecule has 3 atom stereocenters. The largest absolute Gasteiger partial charge is 0.385 e. The normalized spacial score (nSPS) is 39.1. The minimum absolute atomic E-state index is 0.359. The van der Waals surface area contributed by atoms with E-state index in [1.165, 1.54) is 11.1 Å². The molecule has 0 aromatic rings. The van der Waals surface area contributed by atoms with E-state index in [2.05, 4.69) is 39.8 Å². The van der Waals surface area contributed by atoms with E-state index >= 15 is 0 Å². The lowest BCUT2D eigenvalue weighted by Gasteiger charge is -2.48. The van der Waals surface area contributed by atoms with Gasteiger partial charge >= 0.3 is 0 Å². The van der Waals surface area contributed by atoms with E-state index in [0.717, 1.165) is 19.3 Å². The molecule has 0 radical (unpaired) electrons. The van der Waals surface area contributed by atoms with Crippen LogP contribution in [0.25, 0.3) is 0 Å². The van der Waals surface area contributed by atoms with Gasteiger partial charge in [-0.2, -0.15) is 0 Å². The Balaban J connectivity index is 2.43. The molecule has 1 nitrogen and oxygen atoms in total. The molecule has 0 bridgehead atoms. The molecule has 2 aliphatic rings. The quantitative estimate of drug-likeness (QED) is 0.668. The summed E-state index contributed by atoms with van der Waals surface area (Å²) < 4.78 is 0. The molecule has 2 aliphatic carbocycles. The van der Waals surface area contributed by atoms with Crippen molar-refractivity contribution < 1.29 is 5.11 Å². The van der Waals surface area contributed by atoms with Gasteiger partial charge in [0.25, 0.3) is 0 Å². The molecule has 0 saturated carbocycles. The number of hydrogen-bond donors (Lipinski definition) is 1. The highest BCUT2D eigenvalue weighted by atomic mass is 16.3. The lowest BCUT2D eigenvalue weighted by molar-refractivity contribution is -0.0450. The van der Waals surface area contributed by atoms with Crippen LogP contribution in [0, 0.1) is 17.8 Å². The maximum Gasteiger partial charge on any atom is 0.0928 e. The molecule has 0 spiro atoms. The average Bonchev–Trinajstić information content (AvgIpc) is 2.15. The molecule has 1 heteroatoms. The van der Waals surface area contributed by atoms with E-state index in [9.17, 15) is 5.11 Å². The topological polar surface area (TPSA) is 20.2 Å². The van der Waals surface area contributed by atoms with Crippen molar-refractivity contribution in [1.82, 2.24) is 0 Å². The molecule has 0 fully saturated rings. The van der Waals surface area contributed by atoms with Crippen LogP contribution in [0.1, 0.15) is 47.0 Å². The summed E-state index contributed by atoms with van der Waals surface area (Å²) in [6.45, 7) is 8.79.